The van der Waals surface area contributed by atoms with Gasteiger partial charge < -0.3 is 5.32 Å². The smallest absolute Gasteiger partial charge is 0.0175 e. The van der Waals surface area contributed by atoms with Gasteiger partial charge in [0.1, 0.15) is 0 Å². The van der Waals surface area contributed by atoms with Crippen LogP contribution in [-0.4, -0.2) is 13.1 Å². The summed E-state index contributed by atoms with van der Waals surface area (Å²) in [5.41, 5.74) is 1.42. The lowest BCUT2D eigenvalue weighted by Crippen LogP contribution is -2.33. The van der Waals surface area contributed by atoms with Gasteiger partial charge in [0.25, 0.3) is 0 Å². The lowest BCUT2D eigenvalue weighted by molar-refractivity contribution is 0.372. The molecule has 2 atom stereocenters. The number of nitrogens with one attached hydrogen (secondary N) is 1. The van der Waals surface area contributed by atoms with Crippen molar-refractivity contribution in [2.75, 3.05) is 7.05 Å². The van der Waals surface area contributed by atoms with Gasteiger partial charge >= 0.3 is 0 Å². The third kappa shape index (κ3) is 4.26. The summed E-state index contributed by atoms with van der Waals surface area (Å²) in [6.45, 7) is 4.58. The van der Waals surface area contributed by atoms with Crippen molar-refractivity contribution < 1.29 is 0 Å². The lowest BCUT2D eigenvalue weighted by atomic mass is 9.91. The van der Waals surface area contributed by atoms with E-state index >= 15 is 0 Å². The van der Waals surface area contributed by atoms with Gasteiger partial charge in [0.05, 0.1) is 0 Å². The van der Waals surface area contributed by atoms with Crippen LogP contribution >= 0.6 is 15.9 Å². The first-order valence-electron chi connectivity index (χ1n) is 6.09. The lowest BCUT2D eigenvalue weighted by Gasteiger charge is -2.23. The first-order valence-corrected chi connectivity index (χ1v) is 6.88. The van der Waals surface area contributed by atoms with Crippen LogP contribution < -0.4 is 5.32 Å². The molecule has 1 N–H and O–H groups in total. The van der Waals surface area contributed by atoms with Crippen LogP contribution in [0.15, 0.2) is 28.7 Å². The molecule has 0 heterocycles. The molecule has 0 aliphatic rings. The van der Waals surface area contributed by atoms with Crippen molar-refractivity contribution in [2.24, 2.45) is 5.92 Å². The average Bonchev–Trinajstić information content (AvgIpc) is 2.29. The highest BCUT2D eigenvalue weighted by Gasteiger charge is 2.14. The van der Waals surface area contributed by atoms with Crippen LogP contribution in [0.3, 0.4) is 0 Å². The van der Waals surface area contributed by atoms with Crippen molar-refractivity contribution in [2.45, 2.75) is 39.2 Å². The Morgan fingerprint density at radius 2 is 1.88 bits per heavy atom. The second-order valence-corrected chi connectivity index (χ2v) is 5.41. The minimum absolute atomic E-state index is 0.633. The van der Waals surface area contributed by atoms with Gasteiger partial charge in [-0.1, -0.05) is 48.3 Å². The molecule has 0 aromatic heterocycles. The normalized spacial score (nSPS) is 14.8. The molecule has 1 aromatic carbocycles. The van der Waals surface area contributed by atoms with E-state index in [1.165, 1.54) is 18.4 Å². The summed E-state index contributed by atoms with van der Waals surface area (Å²) in [4.78, 5) is 0. The molecule has 2 unspecified atom stereocenters. The number of hydrogen-bond donors (Lipinski definition) is 1. The summed E-state index contributed by atoms with van der Waals surface area (Å²) in [6.07, 6.45) is 3.66. The van der Waals surface area contributed by atoms with Gasteiger partial charge in [0.2, 0.25) is 0 Å². The zero-order chi connectivity index (χ0) is 12.0. The maximum atomic E-state index is 3.47. The van der Waals surface area contributed by atoms with Crippen LogP contribution in [0.5, 0.6) is 0 Å². The molecule has 0 saturated carbocycles. The summed E-state index contributed by atoms with van der Waals surface area (Å²) in [5.74, 6) is 0.686. The number of rotatable bonds is 6. The van der Waals surface area contributed by atoms with E-state index in [1.807, 2.05) is 0 Å². The van der Waals surface area contributed by atoms with Gasteiger partial charge in [0.15, 0.2) is 0 Å². The average molecular weight is 284 g/mol. The fraction of sp³-hybridized carbons (Fsp3) is 0.571. The zero-order valence-electron chi connectivity index (χ0n) is 10.5. The van der Waals surface area contributed by atoms with Crippen molar-refractivity contribution in [1.82, 2.24) is 5.32 Å². The largest absolute Gasteiger partial charge is 0.317 e. The fourth-order valence-electron chi connectivity index (χ4n) is 2.16. The van der Waals surface area contributed by atoms with E-state index in [0.29, 0.717) is 12.0 Å². The fourth-order valence-corrected chi connectivity index (χ4v) is 2.42. The van der Waals surface area contributed by atoms with Crippen molar-refractivity contribution in [3.63, 3.8) is 0 Å². The van der Waals surface area contributed by atoms with E-state index in [4.69, 9.17) is 0 Å². The molecule has 16 heavy (non-hydrogen) atoms. The van der Waals surface area contributed by atoms with Crippen molar-refractivity contribution >= 4 is 15.9 Å². The molecule has 1 aromatic rings. The number of benzene rings is 1. The van der Waals surface area contributed by atoms with Crippen molar-refractivity contribution in [1.29, 1.82) is 0 Å². The third-order valence-corrected chi connectivity index (χ3v) is 3.66. The minimum Gasteiger partial charge on any atom is -0.317 e. The van der Waals surface area contributed by atoms with Crippen LogP contribution in [0.4, 0.5) is 0 Å². The minimum atomic E-state index is 0.633. The van der Waals surface area contributed by atoms with Gasteiger partial charge in [-0.15, -0.1) is 0 Å². The molecule has 1 nitrogen and oxygen atoms in total. The third-order valence-electron chi connectivity index (χ3n) is 3.13. The summed E-state index contributed by atoms with van der Waals surface area (Å²) in [5, 5.41) is 3.43. The van der Waals surface area contributed by atoms with Gasteiger partial charge in [0, 0.05) is 10.5 Å². The molecular weight excluding hydrogens is 262 g/mol. The molecule has 0 spiro atoms. The Labute approximate surface area is 108 Å². The Kier molecular flexibility index (Phi) is 6.07. The van der Waals surface area contributed by atoms with E-state index in [9.17, 15) is 0 Å². The van der Waals surface area contributed by atoms with Gasteiger partial charge in [-0.05, 0) is 43.5 Å². The standard InChI is InChI=1S/C14H22BrN/c1-4-5-14(16-3)11(2)10-12-6-8-13(15)9-7-12/h6-9,11,14,16H,4-5,10H2,1-3H3. The molecular formula is C14H22BrN. The van der Waals surface area contributed by atoms with Gasteiger partial charge in [-0.25, -0.2) is 0 Å². The molecule has 2 heteroatoms. The van der Waals surface area contributed by atoms with Gasteiger partial charge in [-0.3, -0.25) is 0 Å². The van der Waals surface area contributed by atoms with Gasteiger partial charge in [-0.2, -0.15) is 0 Å². The molecule has 0 bridgehead atoms. The maximum Gasteiger partial charge on any atom is 0.0175 e. The predicted molar refractivity (Wildman–Crippen MR) is 74.8 cm³/mol. The molecule has 90 valence electrons. The Morgan fingerprint density at radius 3 is 2.38 bits per heavy atom. The zero-order valence-corrected chi connectivity index (χ0v) is 12.0. The molecule has 0 aliphatic carbocycles. The highest BCUT2D eigenvalue weighted by molar-refractivity contribution is 9.10. The summed E-state index contributed by atoms with van der Waals surface area (Å²) < 4.78 is 1.16. The maximum absolute atomic E-state index is 3.47. The molecule has 0 saturated heterocycles. The summed E-state index contributed by atoms with van der Waals surface area (Å²) in [7, 11) is 2.07. The quantitative estimate of drug-likeness (QED) is 0.832. The molecule has 0 amide bonds. The Bertz CT molecular complexity index is 294. The van der Waals surface area contributed by atoms with E-state index in [1.54, 1.807) is 0 Å². The van der Waals surface area contributed by atoms with Crippen LogP contribution in [0.2, 0.25) is 0 Å². The monoisotopic (exact) mass is 283 g/mol. The second-order valence-electron chi connectivity index (χ2n) is 4.49. The predicted octanol–water partition coefficient (Wildman–Crippen LogP) is 4.02. The van der Waals surface area contributed by atoms with Crippen molar-refractivity contribution in [3.8, 4) is 0 Å². The number of hydrogen-bond acceptors (Lipinski definition) is 1. The van der Waals surface area contributed by atoms with E-state index in [2.05, 4.69) is 66.4 Å². The van der Waals surface area contributed by atoms with E-state index in [0.717, 1.165) is 10.9 Å². The molecule has 0 fully saturated rings. The van der Waals surface area contributed by atoms with E-state index < -0.39 is 0 Å². The highest BCUT2D eigenvalue weighted by atomic mass is 79.9. The van der Waals surface area contributed by atoms with Crippen molar-refractivity contribution in [3.05, 3.63) is 34.3 Å². The first-order chi connectivity index (χ1) is 7.67. The van der Waals surface area contributed by atoms with Crippen LogP contribution in [-0.2, 0) is 6.42 Å². The number of halogens is 1. The van der Waals surface area contributed by atoms with Crippen LogP contribution in [0.25, 0.3) is 0 Å². The molecule has 0 aliphatic heterocycles. The molecule has 1 rings (SSSR count). The Hall–Kier alpha value is -0.340. The van der Waals surface area contributed by atoms with Crippen LogP contribution in [0, 0.1) is 5.92 Å². The Balaban J connectivity index is 2.55. The Morgan fingerprint density at radius 1 is 1.25 bits per heavy atom. The topological polar surface area (TPSA) is 12.0 Å². The molecule has 0 radical (unpaired) electrons. The van der Waals surface area contributed by atoms with Crippen LogP contribution in [0.1, 0.15) is 32.3 Å². The summed E-state index contributed by atoms with van der Waals surface area (Å²) in [6, 6.07) is 9.29. The first kappa shape index (κ1) is 13.7. The summed E-state index contributed by atoms with van der Waals surface area (Å²) >= 11 is 3.47. The highest BCUT2D eigenvalue weighted by Crippen LogP contribution is 2.17. The SMILES string of the molecule is CCCC(NC)C(C)Cc1ccc(Br)cc1. The second kappa shape index (κ2) is 7.08. The van der Waals surface area contributed by atoms with E-state index in [-0.39, 0.29) is 0 Å².